The Morgan fingerprint density at radius 2 is 1.81 bits per heavy atom. The molecule has 1 atom stereocenters. The number of ether oxygens (including phenoxy) is 1. The number of nitrogens with zero attached hydrogens (tertiary/aromatic N) is 2. The van der Waals surface area contributed by atoms with Crippen molar-refractivity contribution >= 4 is 17.6 Å². The average Bonchev–Trinajstić information content (AvgIpc) is 2.86. The van der Waals surface area contributed by atoms with E-state index in [4.69, 9.17) is 4.74 Å². The molecular formula is C20H27N3O3. The fourth-order valence-corrected chi connectivity index (χ4v) is 2.68. The van der Waals surface area contributed by atoms with Crippen molar-refractivity contribution in [3.63, 3.8) is 0 Å². The molecule has 0 fully saturated rings. The number of hydrogen-bond acceptors (Lipinski definition) is 4. The number of carbonyl (C=O) groups is 2. The van der Waals surface area contributed by atoms with Gasteiger partial charge in [0.15, 0.2) is 6.10 Å². The molecule has 0 saturated heterocycles. The van der Waals surface area contributed by atoms with Gasteiger partial charge >= 0.3 is 5.97 Å². The minimum Gasteiger partial charge on any atom is -0.453 e. The van der Waals surface area contributed by atoms with Crippen molar-refractivity contribution in [1.29, 1.82) is 0 Å². The number of esters is 1. The van der Waals surface area contributed by atoms with Crippen LogP contribution in [0, 0.1) is 13.8 Å². The van der Waals surface area contributed by atoms with Crippen molar-refractivity contribution in [3.8, 4) is 0 Å². The van der Waals surface area contributed by atoms with Crippen molar-refractivity contribution in [3.05, 3.63) is 46.8 Å². The van der Waals surface area contributed by atoms with Gasteiger partial charge in [0.05, 0.1) is 17.1 Å². The summed E-state index contributed by atoms with van der Waals surface area (Å²) in [4.78, 5) is 24.3. The molecule has 140 valence electrons. The Kier molecular flexibility index (Phi) is 6.55. The van der Waals surface area contributed by atoms with E-state index in [1.54, 1.807) is 11.6 Å². The van der Waals surface area contributed by atoms with Crippen LogP contribution in [0.2, 0.25) is 0 Å². The third kappa shape index (κ3) is 4.94. The zero-order valence-electron chi connectivity index (χ0n) is 16.1. The topological polar surface area (TPSA) is 73.2 Å². The molecule has 6 nitrogen and oxygen atoms in total. The van der Waals surface area contributed by atoms with Gasteiger partial charge in [-0.1, -0.05) is 31.2 Å². The van der Waals surface area contributed by atoms with Gasteiger partial charge in [-0.05, 0) is 44.7 Å². The Morgan fingerprint density at radius 1 is 1.19 bits per heavy atom. The molecule has 2 aromatic rings. The highest BCUT2D eigenvalue weighted by molar-refractivity contribution is 5.96. The number of aryl methyl sites for hydroxylation is 4. The van der Waals surface area contributed by atoms with E-state index in [0.717, 1.165) is 23.4 Å². The van der Waals surface area contributed by atoms with E-state index < -0.39 is 6.10 Å². The second kappa shape index (κ2) is 8.65. The van der Waals surface area contributed by atoms with E-state index in [1.807, 2.05) is 33.0 Å². The molecule has 0 unspecified atom stereocenters. The second-order valence-corrected chi connectivity index (χ2v) is 6.46. The van der Waals surface area contributed by atoms with Crippen LogP contribution in [-0.4, -0.2) is 27.8 Å². The van der Waals surface area contributed by atoms with Crippen molar-refractivity contribution < 1.29 is 14.3 Å². The van der Waals surface area contributed by atoms with Crippen LogP contribution in [0.25, 0.3) is 0 Å². The summed E-state index contributed by atoms with van der Waals surface area (Å²) in [5, 5.41) is 7.04. The van der Waals surface area contributed by atoms with Gasteiger partial charge in [-0.2, -0.15) is 5.10 Å². The average molecular weight is 357 g/mol. The standard InChI is InChI=1S/C20H27N3O3/c1-6-16-7-9-17(10-8-16)11-12-18(24)26-15(4)20(25)21-19-13(2)22-23(5)14(19)3/h7-10,15H,6,11-12H2,1-5H3,(H,21,25)/t15-/m1/s1. The number of amides is 1. The lowest BCUT2D eigenvalue weighted by Crippen LogP contribution is -2.30. The summed E-state index contributed by atoms with van der Waals surface area (Å²) >= 11 is 0. The van der Waals surface area contributed by atoms with E-state index in [-0.39, 0.29) is 18.3 Å². The predicted molar refractivity (Wildman–Crippen MR) is 101 cm³/mol. The molecule has 1 aromatic carbocycles. The van der Waals surface area contributed by atoms with Crippen LogP contribution in [0.5, 0.6) is 0 Å². The molecule has 1 N–H and O–H groups in total. The van der Waals surface area contributed by atoms with Gasteiger partial charge < -0.3 is 10.1 Å². The van der Waals surface area contributed by atoms with Crippen LogP contribution in [0.4, 0.5) is 5.69 Å². The van der Waals surface area contributed by atoms with Crippen LogP contribution in [0.15, 0.2) is 24.3 Å². The maximum absolute atomic E-state index is 12.3. The Morgan fingerprint density at radius 3 is 2.35 bits per heavy atom. The highest BCUT2D eigenvalue weighted by Crippen LogP contribution is 2.18. The Balaban J connectivity index is 1.84. The summed E-state index contributed by atoms with van der Waals surface area (Å²) in [7, 11) is 1.81. The van der Waals surface area contributed by atoms with E-state index in [2.05, 4.69) is 29.5 Å². The molecule has 0 aliphatic heterocycles. The number of nitrogens with one attached hydrogen (secondary N) is 1. The number of hydrogen-bond donors (Lipinski definition) is 1. The highest BCUT2D eigenvalue weighted by Gasteiger charge is 2.20. The number of anilines is 1. The molecule has 1 amide bonds. The van der Waals surface area contributed by atoms with Crippen LogP contribution in [0.1, 0.15) is 42.8 Å². The van der Waals surface area contributed by atoms with Gasteiger partial charge in [0.1, 0.15) is 0 Å². The Hall–Kier alpha value is -2.63. The zero-order chi connectivity index (χ0) is 19.3. The monoisotopic (exact) mass is 357 g/mol. The molecule has 0 radical (unpaired) electrons. The minimum atomic E-state index is -0.857. The van der Waals surface area contributed by atoms with Gasteiger partial charge in [-0.25, -0.2) is 0 Å². The summed E-state index contributed by atoms with van der Waals surface area (Å²) in [6.45, 7) is 7.37. The van der Waals surface area contributed by atoms with Gasteiger partial charge in [0, 0.05) is 13.5 Å². The Bertz CT molecular complexity index is 778. The third-order valence-electron chi connectivity index (χ3n) is 4.48. The molecule has 0 aliphatic rings. The van der Waals surface area contributed by atoms with Crippen LogP contribution >= 0.6 is 0 Å². The summed E-state index contributed by atoms with van der Waals surface area (Å²) in [6, 6.07) is 8.18. The van der Waals surface area contributed by atoms with E-state index in [9.17, 15) is 9.59 Å². The van der Waals surface area contributed by atoms with Crippen molar-refractivity contribution in [2.45, 2.75) is 53.1 Å². The first-order valence-corrected chi connectivity index (χ1v) is 8.90. The molecule has 0 bridgehead atoms. The van der Waals surface area contributed by atoms with E-state index in [0.29, 0.717) is 12.1 Å². The lowest BCUT2D eigenvalue weighted by atomic mass is 10.1. The molecule has 2 rings (SSSR count). The molecule has 26 heavy (non-hydrogen) atoms. The fraction of sp³-hybridized carbons (Fsp3) is 0.450. The summed E-state index contributed by atoms with van der Waals surface area (Å²) in [5.41, 5.74) is 4.59. The largest absolute Gasteiger partial charge is 0.453 e. The molecule has 0 spiro atoms. The van der Waals surface area contributed by atoms with E-state index >= 15 is 0 Å². The van der Waals surface area contributed by atoms with Crippen LogP contribution in [-0.2, 0) is 34.2 Å². The quantitative estimate of drug-likeness (QED) is 0.773. The SMILES string of the molecule is CCc1ccc(CCC(=O)O[C@H](C)C(=O)Nc2c(C)nn(C)c2C)cc1. The maximum Gasteiger partial charge on any atom is 0.306 e. The molecule has 1 aromatic heterocycles. The van der Waals surface area contributed by atoms with Gasteiger partial charge in [-0.15, -0.1) is 0 Å². The molecular weight excluding hydrogens is 330 g/mol. The van der Waals surface area contributed by atoms with Crippen molar-refractivity contribution in [1.82, 2.24) is 9.78 Å². The highest BCUT2D eigenvalue weighted by atomic mass is 16.5. The normalized spacial score (nSPS) is 11.9. The molecule has 0 saturated carbocycles. The lowest BCUT2D eigenvalue weighted by molar-refractivity contribution is -0.153. The van der Waals surface area contributed by atoms with Gasteiger partial charge in [0.2, 0.25) is 0 Å². The first kappa shape index (κ1) is 19.7. The number of carbonyl (C=O) groups excluding carboxylic acids is 2. The predicted octanol–water partition coefficient (Wildman–Crippen LogP) is 3.10. The smallest absolute Gasteiger partial charge is 0.306 e. The van der Waals surface area contributed by atoms with Gasteiger partial charge in [-0.3, -0.25) is 14.3 Å². The number of aromatic nitrogens is 2. The zero-order valence-corrected chi connectivity index (χ0v) is 16.1. The van der Waals surface area contributed by atoms with Crippen LogP contribution in [0.3, 0.4) is 0 Å². The number of rotatable bonds is 7. The summed E-state index contributed by atoms with van der Waals surface area (Å²) < 4.78 is 6.96. The first-order valence-electron chi connectivity index (χ1n) is 8.90. The molecule has 1 heterocycles. The van der Waals surface area contributed by atoms with Crippen molar-refractivity contribution in [2.24, 2.45) is 7.05 Å². The maximum atomic E-state index is 12.3. The van der Waals surface area contributed by atoms with Crippen molar-refractivity contribution in [2.75, 3.05) is 5.32 Å². The second-order valence-electron chi connectivity index (χ2n) is 6.46. The third-order valence-corrected chi connectivity index (χ3v) is 4.48. The summed E-state index contributed by atoms with van der Waals surface area (Å²) in [5.74, 6) is -0.739. The summed E-state index contributed by atoms with van der Waals surface area (Å²) in [6.07, 6.45) is 0.973. The molecule has 6 heteroatoms. The number of benzene rings is 1. The van der Waals surface area contributed by atoms with Gasteiger partial charge in [0.25, 0.3) is 5.91 Å². The lowest BCUT2D eigenvalue weighted by Gasteiger charge is -2.14. The fourth-order valence-electron chi connectivity index (χ4n) is 2.68. The van der Waals surface area contributed by atoms with Crippen LogP contribution < -0.4 is 5.32 Å². The minimum absolute atomic E-state index is 0.244. The van der Waals surface area contributed by atoms with E-state index in [1.165, 1.54) is 5.56 Å². The first-order chi connectivity index (χ1) is 12.3. The Labute approximate surface area is 154 Å². The molecule has 0 aliphatic carbocycles.